The summed E-state index contributed by atoms with van der Waals surface area (Å²) in [6.07, 6.45) is -6.68. The maximum atomic E-state index is 10.7. The Balaban J connectivity index is 2.56. The summed E-state index contributed by atoms with van der Waals surface area (Å²) in [5.41, 5.74) is 6.02. The van der Waals surface area contributed by atoms with Crippen molar-refractivity contribution >= 4 is 6.03 Å². The van der Waals surface area contributed by atoms with Crippen LogP contribution in [0.15, 0.2) is 0 Å². The van der Waals surface area contributed by atoms with Crippen LogP contribution in [0.4, 0.5) is 4.79 Å². The van der Waals surface area contributed by atoms with E-state index in [-0.39, 0.29) is 0 Å². The van der Waals surface area contributed by atoms with Gasteiger partial charge in [0.25, 0.3) is 0 Å². The zero-order valence-electron chi connectivity index (χ0n) is 8.78. The topological polar surface area (TPSA) is 169 Å². The molecule has 1 rings (SSSR count). The largest absolute Gasteiger partial charge is 0.394 e. The molecule has 0 spiro atoms. The van der Waals surface area contributed by atoms with Crippen LogP contribution in [0.2, 0.25) is 0 Å². The molecule has 1 unspecified atom stereocenters. The van der Waals surface area contributed by atoms with Crippen molar-refractivity contribution in [2.24, 2.45) is 5.84 Å². The third kappa shape index (κ3) is 3.23. The van der Waals surface area contributed by atoms with Crippen LogP contribution in [0.1, 0.15) is 0 Å². The van der Waals surface area contributed by atoms with Crippen LogP contribution in [0.3, 0.4) is 0 Å². The summed E-state index contributed by atoms with van der Waals surface area (Å²) in [6, 6.07) is -0.790. The second-order valence-electron chi connectivity index (χ2n) is 3.49. The Bertz CT molecular complexity index is 265. The first-order valence-corrected chi connectivity index (χ1v) is 4.84. The Kier molecular flexibility index (Phi) is 5.02. The molecule has 10 nitrogen and oxygen atoms in total. The highest BCUT2D eigenvalue weighted by atomic mass is 16.6. The smallest absolute Gasteiger partial charge is 0.343 e. The van der Waals surface area contributed by atoms with Gasteiger partial charge < -0.3 is 25.2 Å². The normalized spacial score (nSPS) is 37.6. The van der Waals surface area contributed by atoms with Crippen LogP contribution < -0.4 is 22.1 Å². The Morgan fingerprint density at radius 2 is 1.88 bits per heavy atom. The maximum Gasteiger partial charge on any atom is 0.343 e. The van der Waals surface area contributed by atoms with Crippen molar-refractivity contribution in [2.75, 3.05) is 6.61 Å². The second kappa shape index (κ2) is 6.07. The lowest BCUT2D eigenvalue weighted by molar-refractivity contribution is -0.238. The van der Waals surface area contributed by atoms with Crippen LogP contribution in [-0.2, 0) is 4.74 Å². The highest BCUT2D eigenvalue weighted by Crippen LogP contribution is 2.19. The third-order valence-corrected chi connectivity index (χ3v) is 2.35. The van der Waals surface area contributed by atoms with Gasteiger partial charge in [-0.15, -0.1) is 0 Å². The minimum Gasteiger partial charge on any atom is -0.394 e. The predicted octanol–water partition coefficient (Wildman–Crippen LogP) is -4.54. The third-order valence-electron chi connectivity index (χ3n) is 2.35. The first kappa shape index (κ1) is 14.1. The van der Waals surface area contributed by atoms with Gasteiger partial charge in [0, 0.05) is 0 Å². The van der Waals surface area contributed by atoms with Crippen molar-refractivity contribution in [3.8, 4) is 0 Å². The number of urea groups is 1. The molecule has 0 bridgehead atoms. The summed E-state index contributed by atoms with van der Waals surface area (Å²) in [5.74, 6) is 4.79. The molecule has 9 N–H and O–H groups in total. The summed E-state index contributed by atoms with van der Waals surface area (Å²) in [5, 5.41) is 37.3. The fourth-order valence-corrected chi connectivity index (χ4v) is 1.39. The van der Waals surface area contributed by atoms with Gasteiger partial charge in [-0.3, -0.25) is 10.9 Å². The Morgan fingerprint density at radius 3 is 2.41 bits per heavy atom. The molecule has 17 heavy (non-hydrogen) atoms. The molecule has 0 aromatic heterocycles. The zero-order chi connectivity index (χ0) is 13.0. The van der Waals surface area contributed by atoms with E-state index in [1.165, 1.54) is 0 Å². The predicted molar refractivity (Wildman–Crippen MR) is 52.8 cm³/mol. The van der Waals surface area contributed by atoms with Crippen molar-refractivity contribution in [2.45, 2.75) is 30.6 Å². The summed E-state index contributed by atoms with van der Waals surface area (Å²) < 4.78 is 5.02. The first-order chi connectivity index (χ1) is 8.01. The molecule has 1 aliphatic heterocycles. The number of carbonyl (C=O) groups excluding carboxylic acids is 1. The van der Waals surface area contributed by atoms with Gasteiger partial charge in [-0.25, -0.2) is 16.1 Å². The molecular formula is C7H16N4O6. The van der Waals surface area contributed by atoms with Gasteiger partial charge in [0.1, 0.15) is 24.4 Å². The monoisotopic (exact) mass is 252 g/mol. The van der Waals surface area contributed by atoms with Crippen molar-refractivity contribution in [3.05, 3.63) is 0 Å². The van der Waals surface area contributed by atoms with E-state index >= 15 is 0 Å². The highest BCUT2D eigenvalue weighted by molar-refractivity contribution is 5.72. The van der Waals surface area contributed by atoms with E-state index in [0.29, 0.717) is 0 Å². The van der Waals surface area contributed by atoms with Gasteiger partial charge in [-0.05, 0) is 0 Å². The van der Waals surface area contributed by atoms with Crippen molar-refractivity contribution in [1.29, 1.82) is 0 Å². The lowest BCUT2D eigenvalue weighted by Gasteiger charge is -2.40. The van der Waals surface area contributed by atoms with E-state index in [2.05, 4.69) is 5.43 Å². The molecule has 0 saturated carbocycles. The van der Waals surface area contributed by atoms with Crippen LogP contribution >= 0.6 is 0 Å². The van der Waals surface area contributed by atoms with E-state index in [1.807, 2.05) is 5.43 Å². The average molecular weight is 252 g/mol. The van der Waals surface area contributed by atoms with Gasteiger partial charge >= 0.3 is 6.03 Å². The minimum atomic E-state index is -1.51. The lowest BCUT2D eigenvalue weighted by atomic mass is 9.99. The SMILES string of the molecule is NNC(=O)NNC1O[C@H](CO)[C@@H](O)[C@H](O)[C@H]1O. The highest BCUT2D eigenvalue weighted by Gasteiger charge is 2.43. The molecule has 10 heteroatoms. The average Bonchev–Trinajstić information content (AvgIpc) is 2.34. The van der Waals surface area contributed by atoms with Gasteiger partial charge in [0.05, 0.1) is 6.61 Å². The molecule has 0 aromatic rings. The molecule has 2 amide bonds. The molecular weight excluding hydrogens is 236 g/mol. The van der Waals surface area contributed by atoms with E-state index < -0.39 is 43.3 Å². The molecule has 0 radical (unpaired) electrons. The number of carbonyl (C=O) groups is 1. The molecule has 1 saturated heterocycles. The minimum absolute atomic E-state index is 0.549. The molecule has 1 fully saturated rings. The number of rotatable bonds is 3. The van der Waals surface area contributed by atoms with Crippen molar-refractivity contribution in [1.82, 2.24) is 16.3 Å². The van der Waals surface area contributed by atoms with Gasteiger partial charge in [0.15, 0.2) is 6.23 Å². The van der Waals surface area contributed by atoms with Crippen LogP contribution in [0.25, 0.3) is 0 Å². The lowest BCUT2D eigenvalue weighted by Crippen LogP contribution is -2.65. The molecule has 1 aliphatic rings. The maximum absolute atomic E-state index is 10.7. The number of ether oxygens (including phenoxy) is 1. The van der Waals surface area contributed by atoms with Gasteiger partial charge in [0.2, 0.25) is 0 Å². The molecule has 0 aromatic carbocycles. The summed E-state index contributed by atoms with van der Waals surface area (Å²) in [6.45, 7) is -0.549. The van der Waals surface area contributed by atoms with Crippen molar-refractivity contribution < 1.29 is 30.0 Å². The number of nitrogens with one attached hydrogen (secondary N) is 3. The van der Waals surface area contributed by atoms with E-state index in [9.17, 15) is 20.1 Å². The van der Waals surface area contributed by atoms with E-state index in [4.69, 9.17) is 15.7 Å². The van der Waals surface area contributed by atoms with Crippen LogP contribution in [-0.4, -0.2) is 63.7 Å². The van der Waals surface area contributed by atoms with E-state index in [0.717, 1.165) is 0 Å². The number of hydrazine groups is 2. The number of hydrogen-bond donors (Lipinski definition) is 8. The molecule has 0 aliphatic carbocycles. The Labute approximate surface area is 96.3 Å². The van der Waals surface area contributed by atoms with Crippen LogP contribution in [0, 0.1) is 0 Å². The van der Waals surface area contributed by atoms with Gasteiger partial charge in [-0.2, -0.15) is 0 Å². The van der Waals surface area contributed by atoms with Crippen LogP contribution in [0.5, 0.6) is 0 Å². The standard InChI is InChI=1S/C7H16N4O6/c8-9-7(16)11-10-6-5(15)4(14)3(13)2(1-12)17-6/h2-6,10,12-15H,1,8H2,(H2,9,11,16)/t2-,3-,4+,5-,6?/m1/s1. The van der Waals surface area contributed by atoms with Crippen molar-refractivity contribution in [3.63, 3.8) is 0 Å². The fraction of sp³-hybridized carbons (Fsp3) is 0.857. The summed E-state index contributed by atoms with van der Waals surface area (Å²) in [4.78, 5) is 10.7. The number of hydrogen-bond acceptors (Lipinski definition) is 8. The molecule has 5 atom stereocenters. The van der Waals surface area contributed by atoms with Gasteiger partial charge in [-0.1, -0.05) is 0 Å². The number of aliphatic hydroxyl groups excluding tert-OH is 4. The zero-order valence-corrected chi connectivity index (χ0v) is 8.78. The molecule has 1 heterocycles. The summed E-state index contributed by atoms with van der Waals surface area (Å²) >= 11 is 0. The number of aliphatic hydroxyl groups is 4. The first-order valence-electron chi connectivity index (χ1n) is 4.84. The number of amides is 2. The van der Waals surface area contributed by atoms with E-state index in [1.54, 1.807) is 5.43 Å². The summed E-state index contributed by atoms with van der Waals surface area (Å²) in [7, 11) is 0. The Hall–Kier alpha value is -1.01. The number of nitrogens with two attached hydrogens (primary N) is 1. The fourth-order valence-electron chi connectivity index (χ4n) is 1.39. The Morgan fingerprint density at radius 1 is 1.24 bits per heavy atom. The quantitative estimate of drug-likeness (QED) is 0.141. The second-order valence-corrected chi connectivity index (χ2v) is 3.49. The molecule has 100 valence electrons.